The van der Waals surface area contributed by atoms with E-state index in [0.29, 0.717) is 12.1 Å². The molecule has 2 aromatic carbocycles. The summed E-state index contributed by atoms with van der Waals surface area (Å²) in [5.74, 6) is 1.65. The van der Waals surface area contributed by atoms with Crippen molar-refractivity contribution in [3.05, 3.63) is 59.7 Å². The predicted octanol–water partition coefficient (Wildman–Crippen LogP) is 3.33. The van der Waals surface area contributed by atoms with Gasteiger partial charge >= 0.3 is 0 Å². The van der Waals surface area contributed by atoms with E-state index in [1.54, 1.807) is 12.1 Å². The van der Waals surface area contributed by atoms with E-state index < -0.39 is 0 Å². The third kappa shape index (κ3) is 4.50. The summed E-state index contributed by atoms with van der Waals surface area (Å²) in [6.07, 6.45) is 2.13. The van der Waals surface area contributed by atoms with Crippen molar-refractivity contribution in [1.29, 1.82) is 5.26 Å². The van der Waals surface area contributed by atoms with E-state index in [1.807, 2.05) is 24.3 Å². The Labute approximate surface area is 148 Å². The largest absolute Gasteiger partial charge is 0.494 e. The SMILES string of the molecule is CCCCOc1cccc(C2NNCC2Oc2ccc(C#N)cc2)c1. The molecule has 0 saturated carbocycles. The second-order valence-corrected chi connectivity index (χ2v) is 6.07. The van der Waals surface area contributed by atoms with E-state index >= 15 is 0 Å². The smallest absolute Gasteiger partial charge is 0.133 e. The Balaban J connectivity index is 1.68. The van der Waals surface area contributed by atoms with Crippen LogP contribution in [0.3, 0.4) is 0 Å². The lowest BCUT2D eigenvalue weighted by Gasteiger charge is -2.21. The van der Waals surface area contributed by atoms with Crippen molar-refractivity contribution >= 4 is 0 Å². The lowest BCUT2D eigenvalue weighted by Crippen LogP contribution is -2.28. The highest BCUT2D eigenvalue weighted by Crippen LogP contribution is 2.27. The molecule has 1 fully saturated rings. The van der Waals surface area contributed by atoms with Gasteiger partial charge in [0.25, 0.3) is 0 Å². The number of hydrogen-bond acceptors (Lipinski definition) is 5. The maximum absolute atomic E-state index is 8.88. The van der Waals surface area contributed by atoms with Crippen molar-refractivity contribution in [1.82, 2.24) is 10.9 Å². The van der Waals surface area contributed by atoms with Gasteiger partial charge in [0, 0.05) is 6.54 Å². The first-order chi connectivity index (χ1) is 12.3. The molecule has 3 rings (SSSR count). The molecule has 1 aliphatic heterocycles. The van der Waals surface area contributed by atoms with Gasteiger partial charge in [0.05, 0.1) is 24.3 Å². The van der Waals surface area contributed by atoms with Gasteiger partial charge < -0.3 is 9.47 Å². The molecular formula is C20H23N3O2. The Bertz CT molecular complexity index is 724. The van der Waals surface area contributed by atoms with E-state index in [1.165, 1.54) is 0 Å². The molecule has 2 aromatic rings. The van der Waals surface area contributed by atoms with Gasteiger partial charge in [-0.15, -0.1) is 0 Å². The lowest BCUT2D eigenvalue weighted by molar-refractivity contribution is 0.197. The molecule has 5 heteroatoms. The van der Waals surface area contributed by atoms with Gasteiger partial charge in [0.1, 0.15) is 17.6 Å². The highest BCUT2D eigenvalue weighted by atomic mass is 16.5. The average molecular weight is 337 g/mol. The monoisotopic (exact) mass is 337 g/mol. The second-order valence-electron chi connectivity index (χ2n) is 6.07. The van der Waals surface area contributed by atoms with Gasteiger partial charge in [0.15, 0.2) is 0 Å². The molecule has 0 radical (unpaired) electrons. The van der Waals surface area contributed by atoms with Gasteiger partial charge in [-0.05, 0) is 48.4 Å². The number of unbranched alkanes of at least 4 members (excludes halogenated alkanes) is 1. The quantitative estimate of drug-likeness (QED) is 0.759. The molecule has 0 bridgehead atoms. The van der Waals surface area contributed by atoms with Crippen LogP contribution in [-0.4, -0.2) is 19.3 Å². The van der Waals surface area contributed by atoms with Crippen molar-refractivity contribution in [2.45, 2.75) is 31.9 Å². The summed E-state index contributed by atoms with van der Waals surface area (Å²) in [5.41, 5.74) is 8.20. The highest BCUT2D eigenvalue weighted by Gasteiger charge is 2.30. The topological polar surface area (TPSA) is 66.3 Å². The molecule has 130 valence electrons. The minimum atomic E-state index is -0.0428. The van der Waals surface area contributed by atoms with Crippen molar-refractivity contribution in [3.63, 3.8) is 0 Å². The maximum atomic E-state index is 8.88. The first kappa shape index (κ1) is 17.3. The first-order valence-electron chi connectivity index (χ1n) is 8.68. The van der Waals surface area contributed by atoms with E-state index in [9.17, 15) is 0 Å². The van der Waals surface area contributed by atoms with Crippen LogP contribution in [0.15, 0.2) is 48.5 Å². The van der Waals surface area contributed by atoms with Crippen molar-refractivity contribution in [2.75, 3.05) is 13.2 Å². The summed E-state index contributed by atoms with van der Waals surface area (Å²) in [7, 11) is 0. The van der Waals surface area contributed by atoms with Crippen LogP contribution >= 0.6 is 0 Å². The fourth-order valence-electron chi connectivity index (χ4n) is 2.80. The third-order valence-corrected chi connectivity index (χ3v) is 4.19. The summed E-state index contributed by atoms with van der Waals surface area (Å²) in [6.45, 7) is 3.59. The van der Waals surface area contributed by atoms with Crippen LogP contribution in [0, 0.1) is 11.3 Å². The number of benzene rings is 2. The van der Waals surface area contributed by atoms with Gasteiger partial charge in [-0.3, -0.25) is 5.43 Å². The number of nitrogens with one attached hydrogen (secondary N) is 2. The first-order valence-corrected chi connectivity index (χ1v) is 8.68. The Morgan fingerprint density at radius 1 is 1.16 bits per heavy atom. The van der Waals surface area contributed by atoms with Crippen LogP contribution in [0.4, 0.5) is 0 Å². The molecule has 0 amide bonds. The van der Waals surface area contributed by atoms with Crippen LogP contribution in [0.25, 0.3) is 0 Å². The van der Waals surface area contributed by atoms with Gasteiger partial charge in [0.2, 0.25) is 0 Å². The standard InChI is InChI=1S/C20H23N3O2/c1-2-3-11-24-18-6-4-5-16(12-18)20-19(14-22-23-20)25-17-9-7-15(13-21)8-10-17/h4-10,12,19-20,22-23H,2-3,11,14H2,1H3. The number of nitriles is 1. The fraction of sp³-hybridized carbons (Fsp3) is 0.350. The van der Waals surface area contributed by atoms with E-state index in [0.717, 1.165) is 36.5 Å². The third-order valence-electron chi connectivity index (χ3n) is 4.19. The zero-order chi connectivity index (χ0) is 17.5. The minimum absolute atomic E-state index is 0.0327. The Kier molecular flexibility index (Phi) is 5.89. The summed E-state index contributed by atoms with van der Waals surface area (Å²) in [4.78, 5) is 0. The molecule has 1 heterocycles. The molecular weight excluding hydrogens is 314 g/mol. The predicted molar refractivity (Wildman–Crippen MR) is 96.3 cm³/mol. The molecule has 0 spiro atoms. The average Bonchev–Trinajstić information content (AvgIpc) is 3.11. The summed E-state index contributed by atoms with van der Waals surface area (Å²) in [6, 6.07) is 17.5. The molecule has 2 N–H and O–H groups in total. The molecule has 2 atom stereocenters. The van der Waals surface area contributed by atoms with E-state index in [4.69, 9.17) is 14.7 Å². The Morgan fingerprint density at radius 3 is 2.76 bits per heavy atom. The minimum Gasteiger partial charge on any atom is -0.494 e. The van der Waals surface area contributed by atoms with Crippen LogP contribution in [0.5, 0.6) is 11.5 Å². The number of ether oxygens (including phenoxy) is 2. The number of rotatable bonds is 7. The zero-order valence-corrected chi connectivity index (χ0v) is 14.4. The molecule has 2 unspecified atom stereocenters. The van der Waals surface area contributed by atoms with Gasteiger partial charge in [-0.2, -0.15) is 5.26 Å². The molecule has 1 aliphatic rings. The van der Waals surface area contributed by atoms with Crippen LogP contribution < -0.4 is 20.3 Å². The summed E-state index contributed by atoms with van der Waals surface area (Å²) >= 11 is 0. The highest BCUT2D eigenvalue weighted by molar-refractivity contribution is 5.35. The molecule has 25 heavy (non-hydrogen) atoms. The Morgan fingerprint density at radius 2 is 2.00 bits per heavy atom. The van der Waals surface area contributed by atoms with Crippen molar-refractivity contribution < 1.29 is 9.47 Å². The second kappa shape index (κ2) is 8.52. The molecule has 0 aromatic heterocycles. The number of nitrogens with zero attached hydrogens (tertiary/aromatic N) is 1. The van der Waals surface area contributed by atoms with Gasteiger partial charge in [-0.1, -0.05) is 25.5 Å². The van der Waals surface area contributed by atoms with Crippen LogP contribution in [0.1, 0.15) is 36.9 Å². The van der Waals surface area contributed by atoms with Crippen molar-refractivity contribution in [3.8, 4) is 17.6 Å². The number of hydrazine groups is 1. The molecule has 0 aliphatic carbocycles. The fourth-order valence-corrected chi connectivity index (χ4v) is 2.80. The van der Waals surface area contributed by atoms with E-state index in [2.05, 4.69) is 36.0 Å². The van der Waals surface area contributed by atoms with Crippen LogP contribution in [-0.2, 0) is 0 Å². The summed E-state index contributed by atoms with van der Waals surface area (Å²) in [5, 5.41) is 8.88. The lowest BCUT2D eigenvalue weighted by atomic mass is 10.0. The van der Waals surface area contributed by atoms with Crippen LogP contribution in [0.2, 0.25) is 0 Å². The number of hydrogen-bond donors (Lipinski definition) is 2. The van der Waals surface area contributed by atoms with Gasteiger partial charge in [-0.25, -0.2) is 5.43 Å². The maximum Gasteiger partial charge on any atom is 0.133 e. The summed E-state index contributed by atoms with van der Waals surface area (Å²) < 4.78 is 11.9. The molecule has 1 saturated heterocycles. The normalized spacial score (nSPS) is 19.4. The zero-order valence-electron chi connectivity index (χ0n) is 14.4. The Hall–Kier alpha value is -2.55. The molecule has 5 nitrogen and oxygen atoms in total. The van der Waals surface area contributed by atoms with E-state index in [-0.39, 0.29) is 12.1 Å². The van der Waals surface area contributed by atoms with Crippen molar-refractivity contribution in [2.24, 2.45) is 0 Å².